The smallest absolute Gasteiger partial charge is 0.407 e. The lowest BCUT2D eigenvalue weighted by molar-refractivity contribution is -0.387. The minimum Gasteiger partial charge on any atom is -0.465 e. The molecule has 11 nitrogen and oxygen atoms in total. The predicted molar refractivity (Wildman–Crippen MR) is 98.5 cm³/mol. The minimum atomic E-state index is -4.20. The molecular formula is C16H23N3O8S. The van der Waals surface area contributed by atoms with Gasteiger partial charge in [-0.1, -0.05) is 0 Å². The van der Waals surface area contributed by atoms with E-state index in [1.165, 1.54) is 0 Å². The first-order valence-electron chi connectivity index (χ1n) is 8.20. The number of rotatable bonds is 8. The van der Waals surface area contributed by atoms with E-state index in [0.29, 0.717) is 0 Å². The van der Waals surface area contributed by atoms with Crippen molar-refractivity contribution in [1.82, 2.24) is 10.0 Å². The number of nitrogens with zero attached hydrogens (tertiary/aromatic N) is 1. The van der Waals surface area contributed by atoms with E-state index < -0.39 is 43.2 Å². The summed E-state index contributed by atoms with van der Waals surface area (Å²) in [5.74, 6) is -0.826. The molecule has 1 aromatic carbocycles. The van der Waals surface area contributed by atoms with Gasteiger partial charge in [0.1, 0.15) is 5.60 Å². The number of hydrogen-bond donors (Lipinski definition) is 2. The van der Waals surface area contributed by atoms with E-state index in [9.17, 15) is 28.1 Å². The number of carbonyl (C=O) groups excluding carboxylic acids is 2. The summed E-state index contributed by atoms with van der Waals surface area (Å²) < 4.78 is 36.4. The predicted octanol–water partition coefficient (Wildman–Crippen LogP) is 1.57. The van der Waals surface area contributed by atoms with Gasteiger partial charge in [0.05, 0.1) is 17.6 Å². The second kappa shape index (κ2) is 9.46. The lowest BCUT2D eigenvalue weighted by atomic mass is 10.2. The number of nitro benzene ring substituents is 1. The van der Waals surface area contributed by atoms with Crippen molar-refractivity contribution in [3.63, 3.8) is 0 Å². The monoisotopic (exact) mass is 417 g/mol. The average Bonchev–Trinajstić information content (AvgIpc) is 2.58. The van der Waals surface area contributed by atoms with Crippen molar-refractivity contribution >= 4 is 27.8 Å². The Kier molecular flexibility index (Phi) is 7.88. The van der Waals surface area contributed by atoms with Gasteiger partial charge in [0, 0.05) is 19.2 Å². The Morgan fingerprint density at radius 2 is 1.86 bits per heavy atom. The number of esters is 1. The highest BCUT2D eigenvalue weighted by Crippen LogP contribution is 2.25. The number of benzene rings is 1. The summed E-state index contributed by atoms with van der Waals surface area (Å²) in [5, 5.41) is 13.7. The topological polar surface area (TPSA) is 154 Å². The van der Waals surface area contributed by atoms with Gasteiger partial charge in [-0.3, -0.25) is 10.1 Å². The van der Waals surface area contributed by atoms with Crippen molar-refractivity contribution in [2.24, 2.45) is 0 Å². The number of alkyl carbamates (subject to hydrolysis) is 1. The maximum Gasteiger partial charge on any atom is 0.407 e. The fourth-order valence-electron chi connectivity index (χ4n) is 2.01. The molecule has 156 valence electrons. The lowest BCUT2D eigenvalue weighted by Gasteiger charge is -2.19. The summed E-state index contributed by atoms with van der Waals surface area (Å²) in [6.07, 6.45) is -0.406. The first-order chi connectivity index (χ1) is 12.9. The molecule has 28 heavy (non-hydrogen) atoms. The molecule has 0 fully saturated rings. The highest BCUT2D eigenvalue weighted by Gasteiger charge is 2.27. The zero-order valence-corrected chi connectivity index (χ0v) is 16.8. The van der Waals surface area contributed by atoms with E-state index >= 15 is 0 Å². The first-order valence-corrected chi connectivity index (χ1v) is 9.69. The second-order valence-corrected chi connectivity index (χ2v) is 8.35. The van der Waals surface area contributed by atoms with Gasteiger partial charge < -0.3 is 14.8 Å². The van der Waals surface area contributed by atoms with E-state index in [1.807, 2.05) is 0 Å². The molecular weight excluding hydrogens is 394 g/mol. The number of sulfonamides is 1. The van der Waals surface area contributed by atoms with Crippen molar-refractivity contribution in [2.75, 3.05) is 20.2 Å². The number of nitro groups is 1. The van der Waals surface area contributed by atoms with Crippen LogP contribution in [0, 0.1) is 10.1 Å². The van der Waals surface area contributed by atoms with Crippen LogP contribution in [0.15, 0.2) is 23.1 Å². The van der Waals surface area contributed by atoms with Crippen molar-refractivity contribution in [3.05, 3.63) is 33.9 Å². The number of ether oxygens (including phenoxy) is 2. The third kappa shape index (κ3) is 7.12. The summed E-state index contributed by atoms with van der Waals surface area (Å²) >= 11 is 0. The second-order valence-electron chi connectivity index (χ2n) is 6.61. The fraction of sp³-hybridized carbons (Fsp3) is 0.500. The van der Waals surface area contributed by atoms with Gasteiger partial charge in [0.15, 0.2) is 4.90 Å². The summed E-state index contributed by atoms with van der Waals surface area (Å²) in [4.78, 5) is 32.7. The molecule has 0 unspecified atom stereocenters. The molecule has 1 rings (SSSR count). The van der Waals surface area contributed by atoms with E-state index in [4.69, 9.17) is 4.74 Å². The van der Waals surface area contributed by atoms with Gasteiger partial charge in [-0.15, -0.1) is 0 Å². The summed E-state index contributed by atoms with van der Waals surface area (Å²) in [6.45, 7) is 5.19. The van der Waals surface area contributed by atoms with Crippen molar-refractivity contribution < 1.29 is 32.4 Å². The van der Waals surface area contributed by atoms with Gasteiger partial charge in [0.25, 0.3) is 5.69 Å². The highest BCUT2D eigenvalue weighted by atomic mass is 32.2. The van der Waals surface area contributed by atoms with E-state index in [2.05, 4.69) is 14.8 Å². The molecule has 0 bridgehead atoms. The first kappa shape index (κ1) is 23.3. The van der Waals surface area contributed by atoms with Crippen LogP contribution in [-0.4, -0.2) is 51.2 Å². The summed E-state index contributed by atoms with van der Waals surface area (Å²) in [6, 6.07) is 2.92. The molecule has 0 saturated carbocycles. The van der Waals surface area contributed by atoms with Crippen LogP contribution in [0.25, 0.3) is 0 Å². The maximum atomic E-state index is 12.3. The standard InChI is InChI=1S/C16H23N3O8S/c1-16(2,3)27-15(21)17-8-5-9-18-28(24,25)13-7-6-11(14(20)26-4)10-12(13)19(22)23/h6-7,10,18H,5,8-9H2,1-4H3,(H,17,21). The normalized spacial score (nSPS) is 11.6. The molecule has 2 N–H and O–H groups in total. The minimum absolute atomic E-state index is 0.0754. The number of hydrogen-bond acceptors (Lipinski definition) is 8. The average molecular weight is 417 g/mol. The van der Waals surface area contributed by atoms with E-state index in [1.54, 1.807) is 20.8 Å². The van der Waals surface area contributed by atoms with Gasteiger partial charge >= 0.3 is 12.1 Å². The Hall–Kier alpha value is -2.73. The van der Waals surface area contributed by atoms with Gasteiger partial charge in [0.2, 0.25) is 10.0 Å². The summed E-state index contributed by atoms with van der Waals surface area (Å²) in [5.41, 5.74) is -1.54. The number of nitrogens with one attached hydrogen (secondary N) is 2. The number of amides is 1. The van der Waals surface area contributed by atoms with Crippen LogP contribution in [0.2, 0.25) is 0 Å². The number of methoxy groups -OCH3 is 1. The molecule has 0 aliphatic rings. The van der Waals surface area contributed by atoms with Crippen molar-refractivity contribution in [1.29, 1.82) is 0 Å². The third-order valence-corrected chi connectivity index (χ3v) is 4.69. The van der Waals surface area contributed by atoms with Crippen LogP contribution in [-0.2, 0) is 19.5 Å². The van der Waals surface area contributed by atoms with Crippen LogP contribution >= 0.6 is 0 Å². The lowest BCUT2D eigenvalue weighted by Crippen LogP contribution is -2.34. The zero-order valence-electron chi connectivity index (χ0n) is 16.0. The van der Waals surface area contributed by atoms with Gasteiger partial charge in [-0.25, -0.2) is 22.7 Å². The molecule has 0 spiro atoms. The van der Waals surface area contributed by atoms with Crippen LogP contribution in [0.4, 0.5) is 10.5 Å². The molecule has 0 aliphatic heterocycles. The molecule has 0 aromatic heterocycles. The Bertz CT molecular complexity index is 846. The molecule has 0 aliphatic carbocycles. The Morgan fingerprint density at radius 1 is 1.21 bits per heavy atom. The maximum absolute atomic E-state index is 12.3. The molecule has 0 heterocycles. The Morgan fingerprint density at radius 3 is 2.39 bits per heavy atom. The quantitative estimate of drug-likeness (QED) is 0.280. The SMILES string of the molecule is COC(=O)c1ccc(S(=O)(=O)NCCCNC(=O)OC(C)(C)C)c([N+](=O)[O-])c1. The summed E-state index contributed by atoms with van der Waals surface area (Å²) in [7, 11) is -3.10. The Labute approximate surface area is 162 Å². The van der Waals surface area contributed by atoms with Crippen molar-refractivity contribution in [3.8, 4) is 0 Å². The fourth-order valence-corrected chi connectivity index (χ4v) is 3.23. The van der Waals surface area contributed by atoms with Gasteiger partial charge in [-0.2, -0.15) is 0 Å². The zero-order chi connectivity index (χ0) is 21.5. The molecule has 1 amide bonds. The van der Waals surface area contributed by atoms with Crippen LogP contribution < -0.4 is 10.0 Å². The molecule has 0 radical (unpaired) electrons. The van der Waals surface area contributed by atoms with Crippen LogP contribution in [0.3, 0.4) is 0 Å². The van der Waals surface area contributed by atoms with E-state index in [-0.39, 0.29) is 25.1 Å². The largest absolute Gasteiger partial charge is 0.465 e. The molecule has 1 aromatic rings. The van der Waals surface area contributed by atoms with Crippen LogP contribution in [0.1, 0.15) is 37.6 Å². The molecule has 0 saturated heterocycles. The third-order valence-electron chi connectivity index (χ3n) is 3.18. The highest BCUT2D eigenvalue weighted by molar-refractivity contribution is 7.89. The van der Waals surface area contributed by atoms with E-state index in [0.717, 1.165) is 25.3 Å². The Balaban J connectivity index is 2.73. The van der Waals surface area contributed by atoms with Gasteiger partial charge in [-0.05, 0) is 39.3 Å². The molecule has 0 atom stereocenters. The van der Waals surface area contributed by atoms with Crippen LogP contribution in [0.5, 0.6) is 0 Å². The molecule has 12 heteroatoms. The number of carbonyl (C=O) groups is 2. The van der Waals surface area contributed by atoms with Crippen molar-refractivity contribution in [2.45, 2.75) is 37.7 Å².